The molecule has 3 aromatic rings. The molecule has 0 saturated heterocycles. The summed E-state index contributed by atoms with van der Waals surface area (Å²) in [5, 5.41) is 3.71. The molecule has 0 unspecified atom stereocenters. The first-order valence-electron chi connectivity index (χ1n) is 9.07. The van der Waals surface area contributed by atoms with Gasteiger partial charge in [-0.3, -0.25) is 4.40 Å². The first-order chi connectivity index (χ1) is 12.0. The summed E-state index contributed by atoms with van der Waals surface area (Å²) < 4.78 is 15.5. The quantitative estimate of drug-likeness (QED) is 0.616. The lowest BCUT2D eigenvalue weighted by molar-refractivity contribution is 0.302. The number of hydrogen-bond acceptors (Lipinski definition) is 2. The van der Waals surface area contributed by atoms with Gasteiger partial charge in [0, 0.05) is 17.3 Å². The zero-order valence-electron chi connectivity index (χ0n) is 16.5. The molecule has 0 aliphatic rings. The summed E-state index contributed by atoms with van der Waals surface area (Å²) in [6.07, 6.45) is 3.04. The maximum atomic E-state index is 13.4. The van der Waals surface area contributed by atoms with Crippen LogP contribution in [0.1, 0.15) is 46.6 Å². The third kappa shape index (κ3) is 4.06. The highest BCUT2D eigenvalue weighted by molar-refractivity contribution is 5.77. The van der Waals surface area contributed by atoms with Gasteiger partial charge in [0.2, 0.25) is 0 Å². The van der Waals surface area contributed by atoms with Gasteiger partial charge in [0.1, 0.15) is 23.0 Å². The number of fused-ring (bicyclic) bond motifs is 1. The minimum absolute atomic E-state index is 0.117. The summed E-state index contributed by atoms with van der Waals surface area (Å²) in [7, 11) is 0. The van der Waals surface area contributed by atoms with E-state index in [0.29, 0.717) is 0 Å². The third-order valence-electron chi connectivity index (χ3n) is 4.33. The van der Waals surface area contributed by atoms with E-state index in [-0.39, 0.29) is 16.8 Å². The van der Waals surface area contributed by atoms with Gasteiger partial charge in [-0.05, 0) is 74.6 Å². The molecule has 0 aliphatic carbocycles. The number of hydrogen-bond donors (Lipinski definition) is 1. The molecule has 0 saturated carbocycles. The molecule has 4 heteroatoms. The van der Waals surface area contributed by atoms with Crippen molar-refractivity contribution in [1.82, 2.24) is 9.38 Å². The molecular formula is C22H28FN3. The van der Waals surface area contributed by atoms with Crippen molar-refractivity contribution in [2.45, 2.75) is 53.5 Å². The molecule has 0 bridgehead atoms. The Morgan fingerprint density at radius 3 is 2.31 bits per heavy atom. The Hall–Kier alpha value is -2.36. The molecule has 26 heavy (non-hydrogen) atoms. The zero-order chi connectivity index (χ0) is 19.1. The minimum Gasteiger partial charge on any atom is -0.364 e. The van der Waals surface area contributed by atoms with E-state index in [1.807, 2.05) is 6.20 Å². The summed E-state index contributed by atoms with van der Waals surface area (Å²) in [6, 6.07) is 10.7. The molecule has 1 N–H and O–H groups in total. The Balaban J connectivity index is 2.12. The van der Waals surface area contributed by atoms with Crippen molar-refractivity contribution in [2.24, 2.45) is 5.41 Å². The number of imidazole rings is 1. The molecule has 0 spiro atoms. The fourth-order valence-corrected chi connectivity index (χ4v) is 3.77. The normalized spacial score (nSPS) is 12.6. The van der Waals surface area contributed by atoms with Crippen LogP contribution in [-0.2, 0) is 0 Å². The van der Waals surface area contributed by atoms with Crippen LogP contribution in [0.15, 0.2) is 42.6 Å². The highest BCUT2D eigenvalue weighted by atomic mass is 19.1. The number of pyridine rings is 1. The fourth-order valence-electron chi connectivity index (χ4n) is 3.77. The van der Waals surface area contributed by atoms with Crippen LogP contribution in [0.5, 0.6) is 0 Å². The second kappa shape index (κ2) is 6.42. The largest absolute Gasteiger partial charge is 0.364 e. The second-order valence-electron chi connectivity index (χ2n) is 8.99. The number of anilines is 1. The molecule has 0 amide bonds. The number of nitrogens with one attached hydrogen (secondary N) is 1. The highest BCUT2D eigenvalue weighted by Crippen LogP contribution is 2.35. The topological polar surface area (TPSA) is 29.3 Å². The van der Waals surface area contributed by atoms with Crippen molar-refractivity contribution < 1.29 is 4.39 Å². The van der Waals surface area contributed by atoms with Crippen LogP contribution in [-0.4, -0.2) is 14.9 Å². The van der Waals surface area contributed by atoms with Gasteiger partial charge in [-0.25, -0.2) is 9.37 Å². The minimum atomic E-state index is -0.240. The number of rotatable bonds is 4. The van der Waals surface area contributed by atoms with Crippen molar-refractivity contribution in [3.63, 3.8) is 0 Å². The molecule has 0 aliphatic heterocycles. The Morgan fingerprint density at radius 2 is 1.69 bits per heavy atom. The van der Waals surface area contributed by atoms with Crippen LogP contribution in [0.4, 0.5) is 10.2 Å². The van der Waals surface area contributed by atoms with Crippen molar-refractivity contribution >= 4 is 11.5 Å². The molecule has 0 fully saturated rings. The maximum absolute atomic E-state index is 13.4. The summed E-state index contributed by atoms with van der Waals surface area (Å²) in [5.41, 5.74) is 3.88. The average molecular weight is 353 g/mol. The summed E-state index contributed by atoms with van der Waals surface area (Å²) in [6.45, 7) is 13.2. The van der Waals surface area contributed by atoms with Crippen LogP contribution in [0.2, 0.25) is 0 Å². The molecule has 2 aromatic heterocycles. The van der Waals surface area contributed by atoms with Crippen LogP contribution in [0.25, 0.3) is 16.9 Å². The van der Waals surface area contributed by atoms with E-state index in [1.54, 1.807) is 12.1 Å². The van der Waals surface area contributed by atoms with Crippen molar-refractivity contribution in [1.29, 1.82) is 0 Å². The third-order valence-corrected chi connectivity index (χ3v) is 4.33. The number of nitrogens with zero attached hydrogens (tertiary/aromatic N) is 2. The molecule has 0 radical (unpaired) electrons. The summed E-state index contributed by atoms with van der Waals surface area (Å²) in [4.78, 5) is 4.83. The van der Waals surface area contributed by atoms with Gasteiger partial charge < -0.3 is 5.32 Å². The molecule has 1 aromatic carbocycles. The van der Waals surface area contributed by atoms with Crippen LogP contribution < -0.4 is 5.32 Å². The maximum Gasteiger partial charge on any atom is 0.139 e. The molecule has 3 nitrogen and oxygen atoms in total. The van der Waals surface area contributed by atoms with E-state index in [1.165, 1.54) is 12.1 Å². The molecule has 2 heterocycles. The Morgan fingerprint density at radius 1 is 1.04 bits per heavy atom. The van der Waals surface area contributed by atoms with Crippen molar-refractivity contribution in [2.75, 3.05) is 5.32 Å². The monoisotopic (exact) mass is 353 g/mol. The predicted octanol–water partition coefficient (Wildman–Crippen LogP) is 6.08. The standard InChI is InChI=1S/C22H28FN3/c1-15-11-12-26-18(13-15)24-19(16-7-9-17(23)10-8-16)20(26)25-22(5,6)14-21(2,3)4/h7-13,25H,14H2,1-6H3. The lowest BCUT2D eigenvalue weighted by Crippen LogP contribution is -2.36. The van der Waals surface area contributed by atoms with Gasteiger partial charge >= 0.3 is 0 Å². The fraction of sp³-hybridized carbons (Fsp3) is 0.409. The Kier molecular flexibility index (Phi) is 4.55. The molecular weight excluding hydrogens is 325 g/mol. The van der Waals surface area contributed by atoms with Crippen molar-refractivity contribution in [3.8, 4) is 11.3 Å². The first-order valence-corrected chi connectivity index (χ1v) is 9.07. The summed E-state index contributed by atoms with van der Waals surface area (Å²) >= 11 is 0. The smallest absolute Gasteiger partial charge is 0.139 e. The molecule has 3 rings (SSSR count). The van der Waals surface area contributed by atoms with Gasteiger partial charge in [-0.1, -0.05) is 20.8 Å². The van der Waals surface area contributed by atoms with E-state index in [0.717, 1.165) is 34.7 Å². The lowest BCUT2D eigenvalue weighted by Gasteiger charge is -2.34. The number of aromatic nitrogens is 2. The van der Waals surface area contributed by atoms with E-state index in [4.69, 9.17) is 4.98 Å². The number of halogens is 1. The van der Waals surface area contributed by atoms with Gasteiger partial charge in [-0.15, -0.1) is 0 Å². The second-order valence-corrected chi connectivity index (χ2v) is 8.99. The van der Waals surface area contributed by atoms with Gasteiger partial charge in [-0.2, -0.15) is 0 Å². The van der Waals surface area contributed by atoms with Gasteiger partial charge in [0.05, 0.1) is 0 Å². The predicted molar refractivity (Wildman–Crippen MR) is 107 cm³/mol. The van der Waals surface area contributed by atoms with Crippen molar-refractivity contribution in [3.05, 3.63) is 54.0 Å². The summed E-state index contributed by atoms with van der Waals surface area (Å²) in [5.74, 6) is 0.705. The van der Waals surface area contributed by atoms with Crippen LogP contribution in [0.3, 0.4) is 0 Å². The first kappa shape index (κ1) is 18.4. The number of aryl methyl sites for hydroxylation is 1. The van der Waals surface area contributed by atoms with Gasteiger partial charge in [0.15, 0.2) is 0 Å². The van der Waals surface area contributed by atoms with E-state index in [2.05, 4.69) is 63.4 Å². The van der Waals surface area contributed by atoms with E-state index in [9.17, 15) is 4.39 Å². The van der Waals surface area contributed by atoms with E-state index >= 15 is 0 Å². The van der Waals surface area contributed by atoms with Gasteiger partial charge in [0.25, 0.3) is 0 Å². The number of benzene rings is 1. The molecule has 138 valence electrons. The zero-order valence-corrected chi connectivity index (χ0v) is 16.5. The van der Waals surface area contributed by atoms with E-state index < -0.39 is 0 Å². The Bertz CT molecular complexity index is 915. The molecule has 0 atom stereocenters. The SMILES string of the molecule is Cc1ccn2c(NC(C)(C)CC(C)(C)C)c(-c3ccc(F)cc3)nc2c1. The average Bonchev–Trinajstić information content (AvgIpc) is 2.82. The lowest BCUT2D eigenvalue weighted by atomic mass is 9.82. The van der Waals surface area contributed by atoms with Crippen LogP contribution >= 0.6 is 0 Å². The van der Waals surface area contributed by atoms with Crippen LogP contribution in [0, 0.1) is 18.2 Å². The highest BCUT2D eigenvalue weighted by Gasteiger charge is 2.28. The Labute approximate surface area is 155 Å².